The highest BCUT2D eigenvalue weighted by Crippen LogP contribution is 2.20. The molecule has 0 atom stereocenters. The second-order valence-corrected chi connectivity index (χ2v) is 7.19. The van der Waals surface area contributed by atoms with Crippen LogP contribution in [0.15, 0.2) is 18.2 Å². The van der Waals surface area contributed by atoms with Gasteiger partial charge in [-0.1, -0.05) is 6.07 Å². The molecule has 7 heteroatoms. The third kappa shape index (κ3) is 4.94. The van der Waals surface area contributed by atoms with E-state index in [2.05, 4.69) is 9.62 Å². The van der Waals surface area contributed by atoms with Gasteiger partial charge < -0.3 is 4.74 Å². The maximum Gasteiger partial charge on any atom is 0.208 e. The Morgan fingerprint density at radius 3 is 2.57 bits per heavy atom. The predicted octanol–water partition coefficient (Wildman–Crippen LogP) is 1.35. The number of nitrogens with zero attached hydrogens (tertiary/aromatic N) is 1. The SMILES string of the molecule is COc1ccc(CN2CCC(NS(C)(=O)=O)CC2)cc1F. The highest BCUT2D eigenvalue weighted by atomic mass is 32.2. The summed E-state index contributed by atoms with van der Waals surface area (Å²) in [5, 5.41) is 0. The van der Waals surface area contributed by atoms with E-state index in [0.29, 0.717) is 6.54 Å². The molecular weight excluding hydrogens is 295 g/mol. The summed E-state index contributed by atoms with van der Waals surface area (Å²) in [5.74, 6) is -0.113. The van der Waals surface area contributed by atoms with Gasteiger partial charge in [0.05, 0.1) is 13.4 Å². The van der Waals surface area contributed by atoms with Gasteiger partial charge >= 0.3 is 0 Å². The standard InChI is InChI=1S/C14H21FN2O3S/c1-20-14-4-3-11(9-13(14)15)10-17-7-5-12(6-8-17)16-21(2,18)19/h3-4,9,12,16H,5-8,10H2,1-2H3. The molecule has 1 fully saturated rings. The van der Waals surface area contributed by atoms with Crippen LogP contribution < -0.4 is 9.46 Å². The van der Waals surface area contributed by atoms with E-state index in [9.17, 15) is 12.8 Å². The molecule has 0 amide bonds. The molecule has 0 spiro atoms. The summed E-state index contributed by atoms with van der Waals surface area (Å²) in [6.45, 7) is 2.24. The van der Waals surface area contributed by atoms with Crippen LogP contribution in [0, 0.1) is 5.82 Å². The maximum absolute atomic E-state index is 13.6. The minimum absolute atomic E-state index is 0.00357. The van der Waals surface area contributed by atoms with E-state index < -0.39 is 10.0 Å². The third-order valence-electron chi connectivity index (χ3n) is 3.59. The van der Waals surface area contributed by atoms with E-state index in [0.717, 1.165) is 31.5 Å². The quantitative estimate of drug-likeness (QED) is 0.891. The minimum Gasteiger partial charge on any atom is -0.494 e. The molecule has 2 rings (SSSR count). The van der Waals surface area contributed by atoms with Gasteiger partial charge in [0.1, 0.15) is 0 Å². The Hall–Kier alpha value is -1.18. The predicted molar refractivity (Wildman–Crippen MR) is 79.2 cm³/mol. The maximum atomic E-state index is 13.6. The number of hydrogen-bond donors (Lipinski definition) is 1. The lowest BCUT2D eigenvalue weighted by molar-refractivity contribution is 0.199. The van der Waals surface area contributed by atoms with Crippen molar-refractivity contribution in [3.05, 3.63) is 29.6 Å². The lowest BCUT2D eigenvalue weighted by Gasteiger charge is -2.31. The fourth-order valence-electron chi connectivity index (χ4n) is 2.58. The molecule has 21 heavy (non-hydrogen) atoms. The molecule has 1 aromatic carbocycles. The first-order valence-electron chi connectivity index (χ1n) is 6.89. The minimum atomic E-state index is -3.15. The fourth-order valence-corrected chi connectivity index (χ4v) is 3.42. The number of ether oxygens (including phenoxy) is 1. The molecule has 0 aromatic heterocycles. The average Bonchev–Trinajstić information content (AvgIpc) is 2.40. The monoisotopic (exact) mass is 316 g/mol. The molecule has 1 saturated heterocycles. The molecule has 0 bridgehead atoms. The second kappa shape index (κ2) is 6.72. The summed E-state index contributed by atoms with van der Waals surface area (Å²) in [6, 6.07) is 4.97. The summed E-state index contributed by atoms with van der Waals surface area (Å²) >= 11 is 0. The van der Waals surface area contributed by atoms with Crippen LogP contribution in [0.2, 0.25) is 0 Å². The Morgan fingerprint density at radius 2 is 2.05 bits per heavy atom. The van der Waals surface area contributed by atoms with Gasteiger partial charge in [0.25, 0.3) is 0 Å². The van der Waals surface area contributed by atoms with Crippen LogP contribution in [0.1, 0.15) is 18.4 Å². The highest BCUT2D eigenvalue weighted by molar-refractivity contribution is 7.88. The van der Waals surface area contributed by atoms with Crippen molar-refractivity contribution in [2.75, 3.05) is 26.5 Å². The first-order chi connectivity index (χ1) is 9.87. The summed E-state index contributed by atoms with van der Waals surface area (Å²) in [4.78, 5) is 2.20. The molecular formula is C14H21FN2O3S. The van der Waals surface area contributed by atoms with Crippen molar-refractivity contribution in [3.8, 4) is 5.75 Å². The molecule has 0 saturated carbocycles. The van der Waals surface area contributed by atoms with Crippen LogP contribution in [0.4, 0.5) is 4.39 Å². The summed E-state index contributed by atoms with van der Waals surface area (Å²) in [5.41, 5.74) is 0.892. The van der Waals surface area contributed by atoms with Gasteiger partial charge in [0, 0.05) is 25.7 Å². The molecule has 1 aromatic rings. The van der Waals surface area contributed by atoms with Crippen LogP contribution in [0.3, 0.4) is 0 Å². The van der Waals surface area contributed by atoms with Crippen molar-refractivity contribution in [1.29, 1.82) is 0 Å². The van der Waals surface area contributed by atoms with Crippen LogP contribution in [-0.2, 0) is 16.6 Å². The molecule has 0 radical (unpaired) electrons. The summed E-state index contributed by atoms with van der Waals surface area (Å²) in [7, 11) is -1.70. The Morgan fingerprint density at radius 1 is 1.38 bits per heavy atom. The van der Waals surface area contributed by atoms with Crippen LogP contribution in [0.5, 0.6) is 5.75 Å². The summed E-state index contributed by atoms with van der Waals surface area (Å²) in [6.07, 6.45) is 2.72. The van der Waals surface area contributed by atoms with E-state index >= 15 is 0 Å². The van der Waals surface area contributed by atoms with Gasteiger partial charge in [-0.3, -0.25) is 4.90 Å². The molecule has 1 heterocycles. The number of halogens is 1. The lowest BCUT2D eigenvalue weighted by atomic mass is 10.1. The molecule has 118 valence electrons. The van der Waals surface area contributed by atoms with Crippen LogP contribution in [-0.4, -0.2) is 45.8 Å². The largest absolute Gasteiger partial charge is 0.494 e. The number of nitrogens with one attached hydrogen (secondary N) is 1. The van der Waals surface area contributed by atoms with Crippen molar-refractivity contribution in [3.63, 3.8) is 0 Å². The first-order valence-corrected chi connectivity index (χ1v) is 8.78. The van der Waals surface area contributed by atoms with E-state index in [4.69, 9.17) is 4.74 Å². The molecule has 0 aliphatic carbocycles. The Labute approximate surface area is 125 Å². The average molecular weight is 316 g/mol. The van der Waals surface area contributed by atoms with Crippen molar-refractivity contribution >= 4 is 10.0 Å². The zero-order valence-electron chi connectivity index (χ0n) is 12.3. The van der Waals surface area contributed by atoms with Gasteiger partial charge in [0.2, 0.25) is 10.0 Å². The van der Waals surface area contributed by atoms with Gasteiger partial charge in [-0.15, -0.1) is 0 Å². The Balaban J connectivity index is 1.87. The Bertz CT molecular complexity index is 584. The number of benzene rings is 1. The van der Waals surface area contributed by atoms with Crippen molar-refractivity contribution < 1.29 is 17.5 Å². The van der Waals surface area contributed by atoms with Crippen molar-refractivity contribution in [2.45, 2.75) is 25.4 Å². The number of sulfonamides is 1. The van der Waals surface area contributed by atoms with Crippen molar-refractivity contribution in [2.24, 2.45) is 0 Å². The van der Waals surface area contributed by atoms with Gasteiger partial charge in [-0.2, -0.15) is 0 Å². The second-order valence-electron chi connectivity index (χ2n) is 5.41. The molecule has 1 N–H and O–H groups in total. The number of likely N-dealkylation sites (tertiary alicyclic amines) is 1. The van der Waals surface area contributed by atoms with E-state index in [1.54, 1.807) is 6.07 Å². The number of methoxy groups -OCH3 is 1. The molecule has 5 nitrogen and oxygen atoms in total. The lowest BCUT2D eigenvalue weighted by Crippen LogP contribution is -2.43. The number of hydrogen-bond acceptors (Lipinski definition) is 4. The van der Waals surface area contributed by atoms with E-state index in [1.807, 2.05) is 6.07 Å². The molecule has 1 aliphatic heterocycles. The van der Waals surface area contributed by atoms with Gasteiger partial charge in [-0.25, -0.2) is 17.5 Å². The number of rotatable bonds is 5. The number of piperidine rings is 1. The first kappa shape index (κ1) is 16.2. The molecule has 0 unspecified atom stereocenters. The topological polar surface area (TPSA) is 58.6 Å². The van der Waals surface area contributed by atoms with E-state index in [1.165, 1.54) is 19.4 Å². The van der Waals surface area contributed by atoms with E-state index in [-0.39, 0.29) is 17.6 Å². The highest BCUT2D eigenvalue weighted by Gasteiger charge is 2.21. The van der Waals surface area contributed by atoms with Crippen LogP contribution >= 0.6 is 0 Å². The smallest absolute Gasteiger partial charge is 0.208 e. The van der Waals surface area contributed by atoms with Crippen LogP contribution in [0.25, 0.3) is 0 Å². The fraction of sp³-hybridized carbons (Fsp3) is 0.571. The van der Waals surface area contributed by atoms with Crippen molar-refractivity contribution in [1.82, 2.24) is 9.62 Å². The zero-order valence-corrected chi connectivity index (χ0v) is 13.1. The van der Waals surface area contributed by atoms with Gasteiger partial charge in [-0.05, 0) is 30.5 Å². The third-order valence-corrected chi connectivity index (χ3v) is 4.35. The normalized spacial score (nSPS) is 17.9. The molecule has 1 aliphatic rings. The zero-order chi connectivity index (χ0) is 15.5. The van der Waals surface area contributed by atoms with Gasteiger partial charge in [0.15, 0.2) is 11.6 Å². The Kier molecular flexibility index (Phi) is 5.18. The summed E-state index contributed by atoms with van der Waals surface area (Å²) < 4.78 is 43.5.